The first-order chi connectivity index (χ1) is 29.4. The van der Waals surface area contributed by atoms with E-state index in [1.807, 2.05) is 72.8 Å². The van der Waals surface area contributed by atoms with Gasteiger partial charge in [-0.05, 0) is 48.4 Å². The zero-order valence-corrected chi connectivity index (χ0v) is 32.0. The zero-order valence-electron chi connectivity index (χ0n) is 31.1. The van der Waals surface area contributed by atoms with E-state index < -0.39 is 74.6 Å². The van der Waals surface area contributed by atoms with Crippen LogP contribution in [0.2, 0.25) is 0 Å². The molecule has 15 nitrogen and oxygen atoms in total. The number of hydrogen-bond acceptors (Lipinski definition) is 15. The van der Waals surface area contributed by atoms with Crippen molar-refractivity contribution in [3.8, 4) is 86.2 Å². The van der Waals surface area contributed by atoms with Gasteiger partial charge < -0.3 is 56.0 Å². The van der Waals surface area contributed by atoms with Crippen molar-refractivity contribution in [2.24, 2.45) is 0 Å². The lowest BCUT2D eigenvalue weighted by Crippen LogP contribution is -2.16. The van der Waals surface area contributed by atoms with Crippen molar-refractivity contribution in [2.45, 2.75) is 12.3 Å². The molecule has 0 amide bonds. The summed E-state index contributed by atoms with van der Waals surface area (Å²) in [4.78, 5) is 15.9. The molecule has 6 aromatic carbocycles. The number of fused-ring (bicyclic) bond motifs is 10. The number of para-hydroxylation sites is 1. The molecular weight excluding hydrogens is 803 g/mol. The molecule has 1 atom stereocenters. The molecule has 0 saturated heterocycles. The van der Waals surface area contributed by atoms with Crippen LogP contribution in [0.1, 0.15) is 17.9 Å². The maximum Gasteiger partial charge on any atom is 0.238 e. The van der Waals surface area contributed by atoms with Crippen LogP contribution >= 0.6 is 11.3 Å². The number of allylic oxidation sites excluding steroid dienone is 4. The quantitative estimate of drug-likeness (QED) is 0.0588. The summed E-state index contributed by atoms with van der Waals surface area (Å²) in [5, 5.41) is 112. The summed E-state index contributed by atoms with van der Waals surface area (Å²) in [5.74, 6) is -11.3. The predicted molar refractivity (Wildman–Crippen MR) is 228 cm³/mol. The molecule has 2 aliphatic rings. The van der Waals surface area contributed by atoms with E-state index in [0.717, 1.165) is 20.2 Å². The number of thiophene rings is 1. The zero-order chi connectivity index (χ0) is 42.2. The van der Waals surface area contributed by atoms with Crippen molar-refractivity contribution >= 4 is 64.7 Å². The summed E-state index contributed by atoms with van der Waals surface area (Å²) in [6, 6.07) is 24.6. The van der Waals surface area contributed by atoms with Crippen LogP contribution < -0.4 is 4.90 Å². The SMILES string of the molecule is Oc1c(O)c(O)c(-c2nc(-c3ccc4sc5ccccc5c4c3)nc(-n3c4ccccc4c4ccc5c(c43)N(c3c(O)c(O)c(O)c(O)c3O)C3=CC=CCC35)n2)c(O)c1O. The predicted octanol–water partition coefficient (Wildman–Crippen LogP) is 8.81. The molecule has 1 unspecified atom stereocenters. The van der Waals surface area contributed by atoms with Crippen LogP contribution in [-0.2, 0) is 0 Å². The molecule has 0 bridgehead atoms. The second-order valence-corrected chi connectivity index (χ2v) is 15.8. The Labute approximate surface area is 346 Å². The van der Waals surface area contributed by atoms with E-state index >= 15 is 0 Å². The number of phenols is 10. The highest BCUT2D eigenvalue weighted by molar-refractivity contribution is 7.25. The van der Waals surface area contributed by atoms with E-state index in [4.69, 9.17) is 9.97 Å². The van der Waals surface area contributed by atoms with Crippen LogP contribution in [-0.4, -0.2) is 70.6 Å². The Morgan fingerprint density at radius 1 is 0.541 bits per heavy atom. The number of phenolic OH excluding ortho intramolecular Hbond substituents is 10. The summed E-state index contributed by atoms with van der Waals surface area (Å²) < 4.78 is 3.72. The third-order valence-corrected chi connectivity index (χ3v) is 12.6. The highest BCUT2D eigenvalue weighted by Crippen LogP contribution is 2.63. The van der Waals surface area contributed by atoms with Gasteiger partial charge in [0.25, 0.3) is 0 Å². The monoisotopic (exact) mass is 831 g/mol. The lowest BCUT2D eigenvalue weighted by molar-refractivity contribution is 0.329. The minimum absolute atomic E-state index is 0.0441. The molecule has 3 aromatic heterocycles. The van der Waals surface area contributed by atoms with Gasteiger partial charge in [0, 0.05) is 48.1 Å². The first kappa shape index (κ1) is 35.8. The summed E-state index contributed by atoms with van der Waals surface area (Å²) >= 11 is 1.60. The molecule has 16 heteroatoms. The van der Waals surface area contributed by atoms with E-state index in [1.54, 1.807) is 40.2 Å². The molecule has 11 rings (SSSR count). The fourth-order valence-corrected chi connectivity index (χ4v) is 9.72. The van der Waals surface area contributed by atoms with Crippen molar-refractivity contribution in [1.82, 2.24) is 19.5 Å². The molecule has 9 aromatic rings. The molecule has 0 radical (unpaired) electrons. The molecular formula is C45H29N5O10S. The lowest BCUT2D eigenvalue weighted by Gasteiger charge is -2.27. The standard InChI is InChI=1S/C45H29N5O10S/c51-33-29(34(52)38(56)41(59)37(33)55)44-46-43(18-13-16-28-24(17-18)21-9-3-6-12-27(21)61-28)47-45(48-44)50-26-11-5-2-8-20(26)23-15-14-22-19-7-1-4-10-25(19)49(30(22)31(23)50)32-35(53)39(57)42(60)40(58)36(32)54/h1-6,8-17,19,51-60H,7H2. The van der Waals surface area contributed by atoms with Gasteiger partial charge in [-0.15, -0.1) is 11.3 Å². The van der Waals surface area contributed by atoms with E-state index in [0.29, 0.717) is 50.7 Å². The molecule has 10 N–H and O–H groups in total. The Hall–Kier alpha value is -8.37. The van der Waals surface area contributed by atoms with Gasteiger partial charge >= 0.3 is 0 Å². The van der Waals surface area contributed by atoms with Crippen molar-refractivity contribution in [3.05, 3.63) is 108 Å². The summed E-state index contributed by atoms with van der Waals surface area (Å²) in [5.41, 5.74) is 2.06. The van der Waals surface area contributed by atoms with E-state index in [1.165, 1.54) is 4.90 Å². The van der Waals surface area contributed by atoms with E-state index in [2.05, 4.69) is 4.98 Å². The molecule has 61 heavy (non-hydrogen) atoms. The Morgan fingerprint density at radius 2 is 1.16 bits per heavy atom. The molecule has 1 aliphatic heterocycles. The number of nitrogens with zero attached hydrogens (tertiary/aromatic N) is 5. The Bertz CT molecular complexity index is 3440. The van der Waals surface area contributed by atoms with Crippen molar-refractivity contribution in [3.63, 3.8) is 0 Å². The highest BCUT2D eigenvalue weighted by Gasteiger charge is 2.42. The van der Waals surface area contributed by atoms with Crippen molar-refractivity contribution in [2.75, 3.05) is 4.90 Å². The molecule has 4 heterocycles. The fraction of sp³-hybridized carbons (Fsp3) is 0.0444. The smallest absolute Gasteiger partial charge is 0.238 e. The van der Waals surface area contributed by atoms with Crippen LogP contribution in [0.4, 0.5) is 11.4 Å². The third-order valence-electron chi connectivity index (χ3n) is 11.5. The van der Waals surface area contributed by atoms with Gasteiger partial charge in [0.05, 0.1) is 16.7 Å². The van der Waals surface area contributed by atoms with Crippen molar-refractivity contribution < 1.29 is 51.1 Å². The Balaban J connectivity index is 1.27. The van der Waals surface area contributed by atoms with E-state index in [-0.39, 0.29) is 17.7 Å². The topological polar surface area (TPSA) is 249 Å². The van der Waals surface area contributed by atoms with E-state index in [9.17, 15) is 51.1 Å². The largest absolute Gasteiger partial charge is 0.504 e. The van der Waals surface area contributed by atoms with Crippen molar-refractivity contribution in [1.29, 1.82) is 0 Å². The normalized spacial score (nSPS) is 14.7. The number of benzene rings is 6. The first-order valence-electron chi connectivity index (χ1n) is 18.7. The fourth-order valence-electron chi connectivity index (χ4n) is 8.64. The van der Waals surface area contributed by atoms with Gasteiger partial charge in [-0.2, -0.15) is 9.97 Å². The van der Waals surface area contributed by atoms with Crippen LogP contribution in [0.3, 0.4) is 0 Å². The number of hydrogen-bond donors (Lipinski definition) is 10. The van der Waals surface area contributed by atoms with Crippen LogP contribution in [0.5, 0.6) is 57.5 Å². The molecule has 300 valence electrons. The second kappa shape index (κ2) is 12.6. The average Bonchev–Trinajstić information content (AvgIpc) is 3.94. The minimum atomic E-state index is -1.16. The maximum absolute atomic E-state index is 11.4. The molecule has 0 spiro atoms. The third kappa shape index (κ3) is 4.81. The summed E-state index contributed by atoms with van der Waals surface area (Å²) in [7, 11) is 0. The number of aromatic hydroxyl groups is 10. The maximum atomic E-state index is 11.4. The average molecular weight is 832 g/mol. The second-order valence-electron chi connectivity index (χ2n) is 14.7. The molecule has 0 saturated carbocycles. The van der Waals surface area contributed by atoms with Crippen LogP contribution in [0, 0.1) is 0 Å². The Morgan fingerprint density at radius 3 is 1.90 bits per heavy atom. The molecule has 0 fully saturated rings. The van der Waals surface area contributed by atoms with Gasteiger partial charge in [0.1, 0.15) is 11.3 Å². The minimum Gasteiger partial charge on any atom is -0.504 e. The number of aromatic nitrogens is 4. The molecule has 1 aliphatic carbocycles. The summed E-state index contributed by atoms with van der Waals surface area (Å²) in [6.45, 7) is 0. The number of anilines is 2. The van der Waals surface area contributed by atoms with Gasteiger partial charge in [-0.3, -0.25) is 4.57 Å². The highest BCUT2D eigenvalue weighted by atomic mass is 32.1. The Kier molecular flexibility index (Phi) is 7.37. The van der Waals surface area contributed by atoms with Gasteiger partial charge in [-0.25, -0.2) is 4.98 Å². The van der Waals surface area contributed by atoms with Gasteiger partial charge in [0.15, 0.2) is 34.6 Å². The number of rotatable bonds is 4. The first-order valence-corrected chi connectivity index (χ1v) is 19.5. The lowest BCUT2D eigenvalue weighted by atomic mass is 9.91. The van der Waals surface area contributed by atoms with Crippen LogP contribution in [0.15, 0.2) is 103 Å². The van der Waals surface area contributed by atoms with Crippen LogP contribution in [0.25, 0.3) is 70.7 Å². The van der Waals surface area contributed by atoms with Gasteiger partial charge in [0.2, 0.25) is 40.4 Å². The van der Waals surface area contributed by atoms with Gasteiger partial charge in [-0.1, -0.05) is 60.7 Å². The summed E-state index contributed by atoms with van der Waals surface area (Å²) in [6.07, 6.45) is 6.01.